The van der Waals surface area contributed by atoms with Crippen LogP contribution in [0.1, 0.15) is 62.3 Å². The second kappa shape index (κ2) is 11.5. The molecule has 0 saturated carbocycles. The Morgan fingerprint density at radius 2 is 1.95 bits per heavy atom. The summed E-state index contributed by atoms with van der Waals surface area (Å²) >= 11 is 0. The van der Waals surface area contributed by atoms with Gasteiger partial charge in [-0.25, -0.2) is 4.79 Å². The summed E-state index contributed by atoms with van der Waals surface area (Å²) < 4.78 is 16.3. The molecule has 9 heteroatoms. The number of hydrogen-bond donors (Lipinski definition) is 1. The molecule has 0 spiro atoms. The van der Waals surface area contributed by atoms with Crippen molar-refractivity contribution in [2.75, 3.05) is 20.2 Å². The number of piperidine rings is 1. The smallest absolute Gasteiger partial charge is 0.317 e. The Kier molecular flexibility index (Phi) is 7.86. The predicted octanol–water partition coefficient (Wildman–Crippen LogP) is 5.47. The van der Waals surface area contributed by atoms with Crippen molar-refractivity contribution in [3.63, 3.8) is 0 Å². The molecule has 1 fully saturated rings. The van der Waals surface area contributed by atoms with Crippen molar-refractivity contribution in [2.24, 2.45) is 5.92 Å². The highest BCUT2D eigenvalue weighted by atomic mass is 16.5. The molecule has 1 N–H and O–H groups in total. The molecule has 1 saturated heterocycles. The normalized spacial score (nSPS) is 17.3. The first-order chi connectivity index (χ1) is 18.8. The standard InChI is InChI=1S/C30H36N4O5/c1-18(2)38-26-11-8-21(16-19(26)3)29-32-28(33-39-29)24-7-5-6-23-22(24)9-10-25(23)31-30(36)34-14-12-20(13-15-34)17-27(35)37-4/h5-8,11,16,18,20,25H,9-10,12-15,17H2,1-4H3,(H,31,36)/t25-/m0/s1. The minimum Gasteiger partial charge on any atom is -0.491 e. The lowest BCUT2D eigenvalue weighted by atomic mass is 9.94. The summed E-state index contributed by atoms with van der Waals surface area (Å²) in [6.45, 7) is 7.29. The van der Waals surface area contributed by atoms with E-state index < -0.39 is 0 Å². The second-order valence-electron chi connectivity index (χ2n) is 10.7. The Morgan fingerprint density at radius 3 is 2.67 bits per heavy atom. The van der Waals surface area contributed by atoms with Crippen LogP contribution < -0.4 is 10.1 Å². The van der Waals surface area contributed by atoms with Crippen molar-refractivity contribution in [2.45, 2.75) is 65.0 Å². The van der Waals surface area contributed by atoms with E-state index in [2.05, 4.69) is 16.5 Å². The van der Waals surface area contributed by atoms with Crippen LogP contribution in [0.15, 0.2) is 40.9 Å². The van der Waals surface area contributed by atoms with Crippen LogP contribution in [0.25, 0.3) is 22.8 Å². The number of esters is 1. The maximum Gasteiger partial charge on any atom is 0.317 e. The number of rotatable bonds is 7. The molecule has 2 amide bonds. The van der Waals surface area contributed by atoms with Gasteiger partial charge in [0.1, 0.15) is 5.75 Å². The van der Waals surface area contributed by atoms with Gasteiger partial charge < -0.3 is 24.2 Å². The third kappa shape index (κ3) is 5.92. The molecule has 1 aliphatic carbocycles. The van der Waals surface area contributed by atoms with Gasteiger partial charge in [-0.2, -0.15) is 4.98 Å². The zero-order chi connectivity index (χ0) is 27.5. The number of hydrogen-bond acceptors (Lipinski definition) is 7. The first-order valence-corrected chi connectivity index (χ1v) is 13.7. The summed E-state index contributed by atoms with van der Waals surface area (Å²) in [5.74, 6) is 1.93. The molecule has 1 atom stereocenters. The van der Waals surface area contributed by atoms with Gasteiger partial charge >= 0.3 is 12.0 Å². The van der Waals surface area contributed by atoms with Gasteiger partial charge in [0, 0.05) is 30.6 Å². The highest BCUT2D eigenvalue weighted by Gasteiger charge is 2.30. The molecule has 1 aromatic heterocycles. The number of fused-ring (bicyclic) bond motifs is 1. The summed E-state index contributed by atoms with van der Waals surface area (Å²) in [4.78, 5) is 31.2. The third-order valence-electron chi connectivity index (χ3n) is 7.60. The fourth-order valence-corrected chi connectivity index (χ4v) is 5.53. The van der Waals surface area contributed by atoms with E-state index in [0.29, 0.717) is 31.2 Å². The molecule has 2 aliphatic rings. The first kappa shape index (κ1) is 26.7. The fourth-order valence-electron chi connectivity index (χ4n) is 5.53. The number of amides is 2. The zero-order valence-electron chi connectivity index (χ0n) is 23.0. The Hall–Kier alpha value is -3.88. The van der Waals surface area contributed by atoms with E-state index in [0.717, 1.165) is 59.3 Å². The van der Waals surface area contributed by atoms with Gasteiger partial charge in [-0.15, -0.1) is 0 Å². The van der Waals surface area contributed by atoms with Crippen molar-refractivity contribution in [1.82, 2.24) is 20.4 Å². The van der Waals surface area contributed by atoms with Crippen LogP contribution in [-0.2, 0) is 16.0 Å². The lowest BCUT2D eigenvalue weighted by Crippen LogP contribution is -2.45. The van der Waals surface area contributed by atoms with E-state index in [9.17, 15) is 9.59 Å². The maximum atomic E-state index is 13.0. The molecule has 5 rings (SSSR count). The van der Waals surface area contributed by atoms with Gasteiger partial charge in [-0.1, -0.05) is 23.4 Å². The first-order valence-electron chi connectivity index (χ1n) is 13.7. The van der Waals surface area contributed by atoms with Crippen molar-refractivity contribution in [3.8, 4) is 28.6 Å². The largest absolute Gasteiger partial charge is 0.491 e. The molecule has 1 aliphatic heterocycles. The molecule has 0 unspecified atom stereocenters. The summed E-state index contributed by atoms with van der Waals surface area (Å²) in [5, 5.41) is 7.51. The van der Waals surface area contributed by atoms with Crippen LogP contribution >= 0.6 is 0 Å². The van der Waals surface area contributed by atoms with E-state index in [1.165, 1.54) is 7.11 Å². The van der Waals surface area contributed by atoms with Gasteiger partial charge in [-0.3, -0.25) is 4.79 Å². The van der Waals surface area contributed by atoms with E-state index in [1.807, 2.05) is 56.0 Å². The van der Waals surface area contributed by atoms with E-state index in [1.54, 1.807) is 0 Å². The molecule has 0 bridgehead atoms. The van der Waals surface area contributed by atoms with Crippen molar-refractivity contribution < 1.29 is 23.6 Å². The highest BCUT2D eigenvalue weighted by molar-refractivity contribution is 5.76. The van der Waals surface area contributed by atoms with Gasteiger partial charge in [0.25, 0.3) is 5.89 Å². The predicted molar refractivity (Wildman–Crippen MR) is 146 cm³/mol. The SMILES string of the molecule is COC(=O)CC1CCN(C(=O)N[C@H]2CCc3c(-c4noc(-c5ccc(OC(C)C)c(C)c5)n4)cccc32)CC1. The maximum absolute atomic E-state index is 13.0. The average Bonchev–Trinajstić information content (AvgIpc) is 3.58. The van der Waals surface area contributed by atoms with E-state index >= 15 is 0 Å². The second-order valence-corrected chi connectivity index (χ2v) is 10.7. The number of aromatic nitrogens is 2. The van der Waals surface area contributed by atoms with E-state index in [4.69, 9.17) is 19.0 Å². The number of carbonyl (C=O) groups is 2. The highest BCUT2D eigenvalue weighted by Crippen LogP contribution is 2.38. The molecular weight excluding hydrogens is 496 g/mol. The molecule has 0 radical (unpaired) electrons. The number of aryl methyl sites for hydroxylation is 1. The molecular formula is C30H36N4O5. The van der Waals surface area contributed by atoms with Crippen molar-refractivity contribution in [1.29, 1.82) is 0 Å². The summed E-state index contributed by atoms with van der Waals surface area (Å²) in [6, 6.07) is 11.8. The van der Waals surface area contributed by atoms with Gasteiger partial charge in [0.15, 0.2) is 0 Å². The lowest BCUT2D eigenvalue weighted by molar-refractivity contribution is -0.142. The van der Waals surface area contributed by atoms with Crippen LogP contribution in [0.4, 0.5) is 4.79 Å². The van der Waals surface area contributed by atoms with Crippen LogP contribution in [-0.4, -0.2) is 53.3 Å². The quantitative estimate of drug-likeness (QED) is 0.402. The fraction of sp³-hybridized carbons (Fsp3) is 0.467. The molecule has 39 heavy (non-hydrogen) atoms. The Morgan fingerprint density at radius 1 is 1.15 bits per heavy atom. The lowest BCUT2D eigenvalue weighted by Gasteiger charge is -2.32. The Bertz CT molecular complexity index is 1340. The number of benzene rings is 2. The number of carbonyl (C=O) groups excluding carboxylic acids is 2. The van der Waals surface area contributed by atoms with Gasteiger partial charge in [0.2, 0.25) is 5.82 Å². The molecule has 2 aromatic carbocycles. The van der Waals surface area contributed by atoms with Crippen LogP contribution in [0, 0.1) is 12.8 Å². The summed E-state index contributed by atoms with van der Waals surface area (Å²) in [7, 11) is 1.41. The summed E-state index contributed by atoms with van der Waals surface area (Å²) in [6.07, 6.45) is 3.77. The Labute approximate surface area is 228 Å². The molecule has 2 heterocycles. The molecule has 3 aromatic rings. The number of urea groups is 1. The minimum atomic E-state index is -0.186. The monoisotopic (exact) mass is 532 g/mol. The summed E-state index contributed by atoms with van der Waals surface area (Å²) in [5.41, 5.74) is 5.02. The number of likely N-dealkylation sites (tertiary alicyclic amines) is 1. The van der Waals surface area contributed by atoms with Crippen LogP contribution in [0.5, 0.6) is 5.75 Å². The van der Waals surface area contributed by atoms with E-state index in [-0.39, 0.29) is 30.1 Å². The third-order valence-corrected chi connectivity index (χ3v) is 7.60. The zero-order valence-corrected chi connectivity index (χ0v) is 23.0. The number of nitrogens with zero attached hydrogens (tertiary/aromatic N) is 3. The number of ether oxygens (including phenoxy) is 2. The Balaban J connectivity index is 1.26. The number of nitrogens with one attached hydrogen (secondary N) is 1. The minimum absolute atomic E-state index is 0.0584. The topological polar surface area (TPSA) is 107 Å². The van der Waals surface area contributed by atoms with Crippen LogP contribution in [0.3, 0.4) is 0 Å². The van der Waals surface area contributed by atoms with Crippen molar-refractivity contribution in [3.05, 3.63) is 53.1 Å². The average molecular weight is 533 g/mol. The van der Waals surface area contributed by atoms with Gasteiger partial charge in [0.05, 0.1) is 19.3 Å². The molecule has 206 valence electrons. The van der Waals surface area contributed by atoms with Crippen molar-refractivity contribution >= 4 is 12.0 Å². The van der Waals surface area contributed by atoms with Gasteiger partial charge in [-0.05, 0) is 87.3 Å². The van der Waals surface area contributed by atoms with Crippen LogP contribution in [0.2, 0.25) is 0 Å². The molecule has 9 nitrogen and oxygen atoms in total. The number of methoxy groups -OCH3 is 1.